The highest BCUT2D eigenvalue weighted by Crippen LogP contribution is 2.44. The van der Waals surface area contributed by atoms with E-state index >= 15 is 0 Å². The molecule has 9 aromatic rings. The molecule has 0 bridgehead atoms. The number of rotatable bonds is 5. The van der Waals surface area contributed by atoms with Crippen LogP contribution in [0.5, 0.6) is 5.75 Å². The Morgan fingerprint density at radius 2 is 1.29 bits per heavy atom. The number of aromatic hydroxyl groups is 1. The molecule has 0 spiro atoms. The lowest BCUT2D eigenvalue weighted by Crippen LogP contribution is -2.12. The molecule has 0 atom stereocenters. The number of fused-ring (bicyclic) bond motifs is 4. The summed E-state index contributed by atoms with van der Waals surface area (Å²) in [4.78, 5) is 10.2. The Labute approximate surface area is 321 Å². The first-order chi connectivity index (χ1) is 26.4. The minimum absolute atomic E-state index is 0.0664. The fourth-order valence-electron chi connectivity index (χ4n) is 7.64. The highest BCUT2D eigenvalue weighted by molar-refractivity contribution is 6.07. The lowest BCUT2D eigenvalue weighted by atomic mass is 9.83. The Hall–Kier alpha value is -6.46. The Balaban J connectivity index is 1.37. The SMILES string of the molecule is CC(C)(C)c1cc(-c2ccccn2)cc(-c2cccc3c2nc(-c2cc4oc5ccccc5c4cc2O)n3-c2ccc(C(C)(C)C)cc2-c2ccccc2)c1. The van der Waals surface area contributed by atoms with Gasteiger partial charge in [0.15, 0.2) is 0 Å². The monoisotopic (exact) mass is 717 g/mol. The number of hydrogen-bond acceptors (Lipinski definition) is 4. The molecular weight excluding hydrogens is 675 g/mol. The summed E-state index contributed by atoms with van der Waals surface area (Å²) < 4.78 is 8.59. The average Bonchev–Trinajstić information content (AvgIpc) is 3.75. The van der Waals surface area contributed by atoms with Crippen molar-refractivity contribution in [1.82, 2.24) is 14.5 Å². The van der Waals surface area contributed by atoms with Gasteiger partial charge in [0, 0.05) is 33.7 Å². The molecule has 5 heteroatoms. The molecule has 0 amide bonds. The zero-order valence-electron chi connectivity index (χ0n) is 32.1. The van der Waals surface area contributed by atoms with Crippen LogP contribution >= 0.6 is 0 Å². The number of phenolic OH excluding ortho intramolecular Hbond substituents is 1. The molecule has 5 nitrogen and oxygen atoms in total. The van der Waals surface area contributed by atoms with Crippen LogP contribution in [0.3, 0.4) is 0 Å². The first-order valence-corrected chi connectivity index (χ1v) is 18.9. The molecule has 9 rings (SSSR count). The van der Waals surface area contributed by atoms with Gasteiger partial charge in [0.25, 0.3) is 0 Å². The number of phenols is 1. The number of benzene rings is 6. The van der Waals surface area contributed by atoms with Crippen LogP contribution in [0.4, 0.5) is 0 Å². The van der Waals surface area contributed by atoms with Crippen LogP contribution in [0, 0.1) is 0 Å². The highest BCUT2D eigenvalue weighted by Gasteiger charge is 2.26. The summed E-state index contributed by atoms with van der Waals surface area (Å²) in [5.74, 6) is 0.761. The average molecular weight is 718 g/mol. The molecule has 0 fully saturated rings. The molecule has 0 saturated carbocycles. The summed E-state index contributed by atoms with van der Waals surface area (Å²) in [6.45, 7) is 13.5. The molecule has 0 aliphatic rings. The Morgan fingerprint density at radius 3 is 2.05 bits per heavy atom. The number of hydrogen-bond donors (Lipinski definition) is 1. The van der Waals surface area contributed by atoms with Crippen molar-refractivity contribution in [2.75, 3.05) is 0 Å². The third kappa shape index (κ3) is 6.06. The first-order valence-electron chi connectivity index (χ1n) is 18.9. The fourth-order valence-corrected chi connectivity index (χ4v) is 7.64. The number of imidazole rings is 1. The van der Waals surface area contributed by atoms with Crippen LogP contribution in [0.1, 0.15) is 52.7 Å². The number of nitrogens with zero attached hydrogens (tertiary/aromatic N) is 3. The number of furan rings is 1. The van der Waals surface area contributed by atoms with Crippen molar-refractivity contribution in [3.63, 3.8) is 0 Å². The second kappa shape index (κ2) is 12.8. The molecule has 6 aromatic carbocycles. The van der Waals surface area contributed by atoms with E-state index in [9.17, 15) is 5.11 Å². The van der Waals surface area contributed by atoms with Gasteiger partial charge in [0.2, 0.25) is 0 Å². The molecule has 0 radical (unpaired) electrons. The summed E-state index contributed by atoms with van der Waals surface area (Å²) in [6, 6.07) is 48.1. The third-order valence-electron chi connectivity index (χ3n) is 10.7. The minimum Gasteiger partial charge on any atom is -0.507 e. The summed E-state index contributed by atoms with van der Waals surface area (Å²) in [5, 5.41) is 13.8. The van der Waals surface area contributed by atoms with Crippen LogP contribution in [0.15, 0.2) is 150 Å². The van der Waals surface area contributed by atoms with Gasteiger partial charge < -0.3 is 9.52 Å². The van der Waals surface area contributed by atoms with Crippen LogP contribution in [0.25, 0.3) is 83.6 Å². The molecule has 55 heavy (non-hydrogen) atoms. The molecule has 0 unspecified atom stereocenters. The second-order valence-electron chi connectivity index (χ2n) is 16.5. The van der Waals surface area contributed by atoms with E-state index in [-0.39, 0.29) is 16.6 Å². The van der Waals surface area contributed by atoms with Crippen LogP contribution in [0.2, 0.25) is 0 Å². The van der Waals surface area contributed by atoms with Gasteiger partial charge in [-0.15, -0.1) is 0 Å². The third-order valence-corrected chi connectivity index (χ3v) is 10.7. The molecule has 0 aliphatic heterocycles. The normalized spacial score (nSPS) is 12.3. The van der Waals surface area contributed by atoms with E-state index in [1.807, 2.05) is 60.8 Å². The van der Waals surface area contributed by atoms with Crippen LogP contribution in [-0.4, -0.2) is 19.6 Å². The van der Waals surface area contributed by atoms with Gasteiger partial charge in [-0.1, -0.05) is 120 Å². The van der Waals surface area contributed by atoms with E-state index in [2.05, 4.69) is 131 Å². The van der Waals surface area contributed by atoms with Gasteiger partial charge >= 0.3 is 0 Å². The van der Waals surface area contributed by atoms with Crippen molar-refractivity contribution >= 4 is 33.0 Å². The lowest BCUT2D eigenvalue weighted by Gasteiger charge is -2.23. The van der Waals surface area contributed by atoms with E-state index in [0.29, 0.717) is 17.0 Å². The lowest BCUT2D eigenvalue weighted by molar-refractivity contribution is 0.477. The Morgan fingerprint density at radius 1 is 0.545 bits per heavy atom. The largest absolute Gasteiger partial charge is 0.507 e. The molecule has 3 heterocycles. The Bertz CT molecular complexity index is 2890. The van der Waals surface area contributed by atoms with Crippen molar-refractivity contribution < 1.29 is 9.52 Å². The van der Waals surface area contributed by atoms with Crippen molar-refractivity contribution in [3.8, 4) is 56.3 Å². The van der Waals surface area contributed by atoms with Crippen LogP contribution in [-0.2, 0) is 10.8 Å². The molecule has 270 valence electrons. The van der Waals surface area contributed by atoms with Crippen LogP contribution < -0.4 is 0 Å². The van der Waals surface area contributed by atoms with Gasteiger partial charge in [-0.25, -0.2) is 4.98 Å². The van der Waals surface area contributed by atoms with Crippen molar-refractivity contribution in [2.45, 2.75) is 52.4 Å². The predicted molar refractivity (Wildman–Crippen MR) is 227 cm³/mol. The second-order valence-corrected chi connectivity index (χ2v) is 16.5. The molecular formula is C50H43N3O2. The number of para-hydroxylation sites is 2. The maximum absolute atomic E-state index is 11.9. The van der Waals surface area contributed by atoms with Crippen molar-refractivity contribution in [1.29, 1.82) is 0 Å². The van der Waals surface area contributed by atoms with Gasteiger partial charge in [0.1, 0.15) is 22.7 Å². The number of pyridine rings is 1. The van der Waals surface area contributed by atoms with Gasteiger partial charge in [-0.05, 0) is 93.7 Å². The Kier molecular flexibility index (Phi) is 8.01. The summed E-state index contributed by atoms with van der Waals surface area (Å²) in [6.07, 6.45) is 1.84. The highest BCUT2D eigenvalue weighted by atomic mass is 16.3. The minimum atomic E-state index is -0.106. The quantitative estimate of drug-likeness (QED) is 0.192. The fraction of sp³-hybridized carbons (Fsp3) is 0.160. The molecule has 1 N–H and O–H groups in total. The van der Waals surface area contributed by atoms with E-state index in [4.69, 9.17) is 14.4 Å². The molecule has 0 aliphatic carbocycles. The summed E-state index contributed by atoms with van der Waals surface area (Å²) in [7, 11) is 0. The standard InChI is InChI=1S/C50H43N3O2/c1-49(2,3)34-22-23-42(38(28-34)31-15-8-7-9-16-31)53-43-20-14-18-36(32-25-33(41-19-12-13-24-51-41)27-35(26-32)50(4,5)6)47(43)52-48(53)40-30-46-39(29-44(40)54)37-17-10-11-21-45(37)55-46/h7-30,54H,1-6H3. The van der Waals surface area contributed by atoms with Gasteiger partial charge in [-0.3, -0.25) is 9.55 Å². The maximum Gasteiger partial charge on any atom is 0.149 e. The van der Waals surface area contributed by atoms with E-state index in [1.54, 1.807) is 0 Å². The van der Waals surface area contributed by atoms with E-state index in [0.717, 1.165) is 66.6 Å². The zero-order valence-corrected chi connectivity index (χ0v) is 32.1. The van der Waals surface area contributed by atoms with Gasteiger partial charge in [0.05, 0.1) is 28.0 Å². The van der Waals surface area contributed by atoms with E-state index in [1.165, 1.54) is 11.1 Å². The zero-order chi connectivity index (χ0) is 38.1. The predicted octanol–water partition coefficient (Wildman–Crippen LogP) is 13.3. The molecule has 3 aromatic heterocycles. The first kappa shape index (κ1) is 34.3. The summed E-state index contributed by atoms with van der Waals surface area (Å²) >= 11 is 0. The molecule has 0 saturated heterocycles. The van der Waals surface area contributed by atoms with Crippen molar-refractivity contribution in [2.24, 2.45) is 0 Å². The topological polar surface area (TPSA) is 64.1 Å². The van der Waals surface area contributed by atoms with Gasteiger partial charge in [-0.2, -0.15) is 0 Å². The summed E-state index contributed by atoms with van der Waals surface area (Å²) in [5.41, 5.74) is 13.3. The van der Waals surface area contributed by atoms with E-state index < -0.39 is 0 Å². The maximum atomic E-state index is 11.9. The van der Waals surface area contributed by atoms with Crippen molar-refractivity contribution in [3.05, 3.63) is 157 Å². The number of aromatic nitrogens is 3. The smallest absolute Gasteiger partial charge is 0.149 e.